The van der Waals surface area contributed by atoms with Crippen LogP contribution in [0.3, 0.4) is 0 Å². The number of hydrogen-bond acceptors (Lipinski definition) is 4. The van der Waals surface area contributed by atoms with Crippen LogP contribution in [-0.2, 0) is 13.0 Å². The number of thioether (sulfide) groups is 1. The molecule has 0 aliphatic heterocycles. The summed E-state index contributed by atoms with van der Waals surface area (Å²) in [6.07, 6.45) is 3.94. The first-order valence-corrected chi connectivity index (χ1v) is 9.33. The van der Waals surface area contributed by atoms with Gasteiger partial charge in [0.15, 0.2) is 11.1 Å². The molecule has 2 N–H and O–H groups in total. The Kier molecular flexibility index (Phi) is 12.6. The van der Waals surface area contributed by atoms with Crippen molar-refractivity contribution >= 4 is 41.7 Å². The van der Waals surface area contributed by atoms with E-state index in [9.17, 15) is 0 Å². The predicted molar refractivity (Wildman–Crippen MR) is 110 cm³/mol. The number of aliphatic imine (C=N–C) groups is 1. The van der Waals surface area contributed by atoms with Crippen LogP contribution in [0.15, 0.2) is 10.1 Å². The molecule has 8 heteroatoms. The summed E-state index contributed by atoms with van der Waals surface area (Å²) < 4.78 is 2.24. The topological polar surface area (TPSA) is 67.1 Å². The summed E-state index contributed by atoms with van der Waals surface area (Å²) >= 11 is 1.66. The van der Waals surface area contributed by atoms with Crippen molar-refractivity contribution in [2.75, 3.05) is 25.9 Å². The zero-order chi connectivity index (χ0) is 16.4. The van der Waals surface area contributed by atoms with Gasteiger partial charge >= 0.3 is 0 Å². The molecule has 0 saturated carbocycles. The third-order valence-electron chi connectivity index (χ3n) is 3.04. The second-order valence-corrected chi connectivity index (χ2v) is 6.28. The van der Waals surface area contributed by atoms with Crippen LogP contribution < -0.4 is 10.6 Å². The number of nitrogens with one attached hydrogen (secondary N) is 2. The maximum atomic E-state index is 4.57. The Morgan fingerprint density at radius 1 is 1.22 bits per heavy atom. The third-order valence-corrected chi connectivity index (χ3v) is 3.71. The number of guanidine groups is 1. The molecule has 0 spiro atoms. The Bertz CT molecular complexity index is 453. The Morgan fingerprint density at radius 3 is 2.39 bits per heavy atom. The molecule has 0 atom stereocenters. The summed E-state index contributed by atoms with van der Waals surface area (Å²) in [5, 5.41) is 16.1. The molecule has 0 bridgehead atoms. The molecule has 0 aliphatic rings. The van der Waals surface area contributed by atoms with Crippen molar-refractivity contribution in [3.8, 4) is 0 Å². The van der Waals surface area contributed by atoms with Crippen molar-refractivity contribution in [3.63, 3.8) is 0 Å². The summed E-state index contributed by atoms with van der Waals surface area (Å²) in [5.41, 5.74) is 0. The molecule has 0 aromatic carbocycles. The van der Waals surface area contributed by atoms with Crippen molar-refractivity contribution in [2.45, 2.75) is 52.2 Å². The minimum absolute atomic E-state index is 0. The molecule has 1 rings (SSSR count). The molecular weight excluding hydrogens is 423 g/mol. The predicted octanol–water partition coefficient (Wildman–Crippen LogP) is 2.78. The normalized spacial score (nSPS) is 10.3. The molecule has 0 unspecified atom stereocenters. The lowest BCUT2D eigenvalue weighted by molar-refractivity contribution is 0.477. The van der Waals surface area contributed by atoms with E-state index in [-0.39, 0.29) is 24.0 Å². The molecule has 1 aromatic rings. The van der Waals surface area contributed by atoms with E-state index < -0.39 is 0 Å². The molecule has 0 radical (unpaired) electrons. The van der Waals surface area contributed by atoms with Crippen LogP contribution in [0.4, 0.5) is 0 Å². The minimum Gasteiger partial charge on any atom is -0.357 e. The van der Waals surface area contributed by atoms with Crippen LogP contribution in [0.25, 0.3) is 0 Å². The average molecular weight is 454 g/mol. The van der Waals surface area contributed by atoms with Gasteiger partial charge in [0.05, 0.1) is 0 Å². The lowest BCUT2D eigenvalue weighted by Crippen LogP contribution is -2.37. The van der Waals surface area contributed by atoms with Crippen molar-refractivity contribution in [1.29, 1.82) is 0 Å². The SMILES string of the molecule is CCNC(=NCCCc1nnc(SC)n1CC(C)C)NCC.I. The lowest BCUT2D eigenvalue weighted by Gasteiger charge is -2.11. The zero-order valence-corrected chi connectivity index (χ0v) is 18.1. The fourth-order valence-electron chi connectivity index (χ4n) is 2.14. The van der Waals surface area contributed by atoms with Gasteiger partial charge in [-0.05, 0) is 32.4 Å². The van der Waals surface area contributed by atoms with Crippen molar-refractivity contribution in [3.05, 3.63) is 5.82 Å². The highest BCUT2D eigenvalue weighted by molar-refractivity contribution is 14.0. The smallest absolute Gasteiger partial charge is 0.191 e. The van der Waals surface area contributed by atoms with Gasteiger partial charge in [-0.3, -0.25) is 4.99 Å². The van der Waals surface area contributed by atoms with E-state index in [0.29, 0.717) is 5.92 Å². The first-order chi connectivity index (χ1) is 10.6. The number of rotatable bonds is 9. The van der Waals surface area contributed by atoms with Crippen molar-refractivity contribution in [1.82, 2.24) is 25.4 Å². The Labute approximate surface area is 161 Å². The Morgan fingerprint density at radius 2 is 1.87 bits per heavy atom. The van der Waals surface area contributed by atoms with Crippen LogP contribution >= 0.6 is 35.7 Å². The largest absolute Gasteiger partial charge is 0.357 e. The highest BCUT2D eigenvalue weighted by atomic mass is 127. The van der Waals surface area contributed by atoms with E-state index in [2.05, 4.69) is 58.1 Å². The van der Waals surface area contributed by atoms with Crippen molar-refractivity contribution in [2.24, 2.45) is 10.9 Å². The number of halogens is 1. The summed E-state index contributed by atoms with van der Waals surface area (Å²) in [7, 11) is 0. The lowest BCUT2D eigenvalue weighted by atomic mass is 10.2. The van der Waals surface area contributed by atoms with E-state index in [1.54, 1.807) is 11.8 Å². The summed E-state index contributed by atoms with van der Waals surface area (Å²) in [5.74, 6) is 2.55. The molecule has 134 valence electrons. The fraction of sp³-hybridized carbons (Fsp3) is 0.800. The monoisotopic (exact) mass is 454 g/mol. The fourth-order valence-corrected chi connectivity index (χ4v) is 2.66. The van der Waals surface area contributed by atoms with Crippen LogP contribution in [0.2, 0.25) is 0 Å². The minimum atomic E-state index is 0. The van der Waals surface area contributed by atoms with Gasteiger partial charge in [-0.15, -0.1) is 34.2 Å². The van der Waals surface area contributed by atoms with Gasteiger partial charge in [0.2, 0.25) is 0 Å². The summed E-state index contributed by atoms with van der Waals surface area (Å²) in [6, 6.07) is 0. The van der Waals surface area contributed by atoms with E-state index in [0.717, 1.165) is 56.0 Å². The van der Waals surface area contributed by atoms with Crippen LogP contribution in [-0.4, -0.2) is 46.6 Å². The maximum Gasteiger partial charge on any atom is 0.191 e. The van der Waals surface area contributed by atoms with E-state index >= 15 is 0 Å². The Balaban J connectivity index is 0.00000484. The van der Waals surface area contributed by atoms with Gasteiger partial charge < -0.3 is 15.2 Å². The third kappa shape index (κ3) is 8.23. The first-order valence-electron chi connectivity index (χ1n) is 8.10. The Hall–Kier alpha value is -0.510. The van der Waals surface area contributed by atoms with Crippen LogP contribution in [0.1, 0.15) is 39.9 Å². The number of hydrogen-bond donors (Lipinski definition) is 2. The number of aryl methyl sites for hydroxylation is 1. The molecule has 1 heterocycles. The molecule has 0 fully saturated rings. The van der Waals surface area contributed by atoms with E-state index in [1.807, 2.05) is 6.26 Å². The summed E-state index contributed by atoms with van der Waals surface area (Å²) in [6.45, 7) is 12.1. The molecule has 0 saturated heterocycles. The standard InChI is InChI=1S/C15H30N6S.HI/c1-6-16-14(17-7-2)18-10-8-9-13-19-20-15(22-5)21(13)11-12(3)4;/h12H,6-11H2,1-5H3,(H2,16,17,18);1H. The molecule has 1 aromatic heterocycles. The van der Waals surface area contributed by atoms with Crippen LogP contribution in [0, 0.1) is 5.92 Å². The molecule has 6 nitrogen and oxygen atoms in total. The van der Waals surface area contributed by atoms with Gasteiger partial charge in [-0.25, -0.2) is 0 Å². The van der Waals surface area contributed by atoms with Gasteiger partial charge in [-0.2, -0.15) is 0 Å². The van der Waals surface area contributed by atoms with Crippen LogP contribution in [0.5, 0.6) is 0 Å². The van der Waals surface area contributed by atoms with E-state index in [1.165, 1.54) is 0 Å². The zero-order valence-electron chi connectivity index (χ0n) is 14.9. The molecule has 0 aliphatic carbocycles. The second kappa shape index (κ2) is 12.9. The van der Waals surface area contributed by atoms with Gasteiger partial charge in [-0.1, -0.05) is 25.6 Å². The average Bonchev–Trinajstić information content (AvgIpc) is 2.85. The highest BCUT2D eigenvalue weighted by Gasteiger charge is 2.12. The molecule has 0 amide bonds. The second-order valence-electron chi connectivity index (χ2n) is 5.50. The number of nitrogens with zero attached hydrogens (tertiary/aromatic N) is 4. The first kappa shape index (κ1) is 22.5. The van der Waals surface area contributed by atoms with Gasteiger partial charge in [0, 0.05) is 32.6 Å². The quantitative estimate of drug-likeness (QED) is 0.198. The summed E-state index contributed by atoms with van der Waals surface area (Å²) in [4.78, 5) is 4.57. The maximum absolute atomic E-state index is 4.57. The molecular formula is C15H31IN6S. The van der Waals surface area contributed by atoms with E-state index in [4.69, 9.17) is 0 Å². The molecule has 23 heavy (non-hydrogen) atoms. The van der Waals surface area contributed by atoms with Crippen molar-refractivity contribution < 1.29 is 0 Å². The van der Waals surface area contributed by atoms with Gasteiger partial charge in [0.1, 0.15) is 5.82 Å². The number of aromatic nitrogens is 3. The van der Waals surface area contributed by atoms with Gasteiger partial charge in [0.25, 0.3) is 0 Å². The highest BCUT2D eigenvalue weighted by Crippen LogP contribution is 2.16.